The Morgan fingerprint density at radius 1 is 0.571 bits per heavy atom. The van der Waals surface area contributed by atoms with Crippen LogP contribution in [0.3, 0.4) is 0 Å². The van der Waals surface area contributed by atoms with Gasteiger partial charge in [0.25, 0.3) is 0 Å². The van der Waals surface area contributed by atoms with Crippen LogP contribution in [0.2, 0.25) is 0 Å². The average Bonchev–Trinajstić information content (AvgIpc) is 3.87. The molecular formula is C51H39N5. The Bertz CT molecular complexity index is 3100. The standard InChI is InChI=1S/C51H39N5/c1-4-38-33(2)54(50(52)32-44(53-3)36-28-26-35(27-29-36)34-16-6-5-7-17-34)51-43(38)30-37(55-45-22-12-8-18-39(45)40-19-9-13-23-46(40)55)31-49(51)56-47-24-14-10-20-41(47)42-21-11-15-25-48(42)56/h4-32,52-53H,1H2,2-3H3/b44-32-,52-50?. The Morgan fingerprint density at radius 3 is 1.57 bits per heavy atom. The molecule has 3 heterocycles. The monoisotopic (exact) mass is 721 g/mol. The molecule has 0 radical (unpaired) electrons. The van der Waals surface area contributed by atoms with E-state index in [1.807, 2.05) is 25.3 Å². The molecule has 10 rings (SSSR count). The lowest BCUT2D eigenvalue weighted by Gasteiger charge is -2.17. The molecule has 0 aliphatic rings. The van der Waals surface area contributed by atoms with Gasteiger partial charge in [-0.05, 0) is 60.0 Å². The van der Waals surface area contributed by atoms with Crippen LogP contribution in [0.1, 0.15) is 16.8 Å². The van der Waals surface area contributed by atoms with Crippen molar-refractivity contribution in [3.05, 3.63) is 193 Å². The summed E-state index contributed by atoms with van der Waals surface area (Å²) in [6.07, 6.45) is 3.88. The lowest BCUT2D eigenvalue weighted by molar-refractivity contribution is 1.07. The van der Waals surface area contributed by atoms with Gasteiger partial charge in [0.2, 0.25) is 0 Å². The quantitative estimate of drug-likeness (QED) is 0.125. The molecule has 0 spiro atoms. The fourth-order valence-electron chi connectivity index (χ4n) is 8.74. The number of nitrogens with one attached hydrogen (secondary N) is 2. The van der Waals surface area contributed by atoms with Crippen molar-refractivity contribution in [2.24, 2.45) is 0 Å². The third-order valence-corrected chi connectivity index (χ3v) is 11.3. The molecule has 0 aliphatic heterocycles. The number of rotatable bonds is 7. The van der Waals surface area contributed by atoms with Crippen LogP contribution in [0.5, 0.6) is 0 Å². The van der Waals surface area contributed by atoms with Gasteiger partial charge in [-0.1, -0.05) is 140 Å². The summed E-state index contributed by atoms with van der Waals surface area (Å²) < 4.78 is 6.85. The van der Waals surface area contributed by atoms with Crippen LogP contribution < -0.4 is 5.32 Å². The van der Waals surface area contributed by atoms with E-state index in [4.69, 9.17) is 0 Å². The Hall–Kier alpha value is -7.37. The maximum absolute atomic E-state index is 9.86. The number of benzene rings is 7. The number of hydrogen-bond donors (Lipinski definition) is 2. The van der Waals surface area contributed by atoms with E-state index in [1.54, 1.807) is 0 Å². The normalized spacial score (nSPS) is 12.0. The summed E-state index contributed by atoms with van der Waals surface area (Å²) in [6, 6.07) is 58.0. The SMILES string of the molecule is C=Cc1c(C)n(C(=N)/C=C(\NC)c2ccc(-c3ccccc3)cc2)c2c(-n3c4ccccc4c4ccccc43)cc(-n3c4ccccc4c4ccccc43)cc12. The van der Waals surface area contributed by atoms with Crippen molar-refractivity contribution >= 4 is 72.1 Å². The van der Waals surface area contributed by atoms with Crippen LogP contribution >= 0.6 is 0 Å². The van der Waals surface area contributed by atoms with Crippen molar-refractivity contribution in [1.82, 2.24) is 19.0 Å². The van der Waals surface area contributed by atoms with Crippen LogP contribution in [-0.2, 0) is 0 Å². The first-order valence-electron chi connectivity index (χ1n) is 19.0. The summed E-state index contributed by atoms with van der Waals surface area (Å²) in [6.45, 7) is 6.43. The summed E-state index contributed by atoms with van der Waals surface area (Å²) >= 11 is 0. The summed E-state index contributed by atoms with van der Waals surface area (Å²) in [5, 5.41) is 19.1. The zero-order valence-corrected chi connectivity index (χ0v) is 31.3. The Morgan fingerprint density at radius 2 is 1.05 bits per heavy atom. The smallest absolute Gasteiger partial charge is 0.131 e. The van der Waals surface area contributed by atoms with Crippen LogP contribution in [0.4, 0.5) is 0 Å². The summed E-state index contributed by atoms with van der Waals surface area (Å²) in [5.74, 6) is 0.351. The van der Waals surface area contributed by atoms with E-state index in [9.17, 15) is 5.41 Å². The van der Waals surface area contributed by atoms with Gasteiger partial charge in [-0.2, -0.15) is 0 Å². The summed E-state index contributed by atoms with van der Waals surface area (Å²) in [5.41, 5.74) is 13.6. The predicted octanol–water partition coefficient (Wildman–Crippen LogP) is 12.5. The molecule has 5 heteroatoms. The van der Waals surface area contributed by atoms with Gasteiger partial charge in [0.05, 0.1) is 33.3 Å². The molecule has 0 saturated heterocycles. The van der Waals surface area contributed by atoms with E-state index in [2.05, 4.69) is 190 Å². The average molecular weight is 722 g/mol. The van der Waals surface area contributed by atoms with Gasteiger partial charge in [0, 0.05) is 62.7 Å². The zero-order valence-electron chi connectivity index (χ0n) is 31.3. The van der Waals surface area contributed by atoms with E-state index in [1.165, 1.54) is 27.1 Å². The van der Waals surface area contributed by atoms with Gasteiger partial charge in [0.1, 0.15) is 5.84 Å². The van der Waals surface area contributed by atoms with Crippen molar-refractivity contribution in [3.63, 3.8) is 0 Å². The molecule has 0 fully saturated rings. The fraction of sp³-hybridized carbons (Fsp3) is 0.0392. The molecule has 0 unspecified atom stereocenters. The molecular weight excluding hydrogens is 683 g/mol. The highest BCUT2D eigenvalue weighted by atomic mass is 15.1. The second-order valence-corrected chi connectivity index (χ2v) is 14.3. The number of nitrogens with zero attached hydrogens (tertiary/aromatic N) is 3. The van der Waals surface area contributed by atoms with Crippen LogP contribution in [-0.4, -0.2) is 26.6 Å². The zero-order chi connectivity index (χ0) is 37.9. The number of hydrogen-bond acceptors (Lipinski definition) is 2. The third kappa shape index (κ3) is 5.05. The molecule has 2 N–H and O–H groups in total. The van der Waals surface area contributed by atoms with Crippen molar-refractivity contribution in [2.45, 2.75) is 6.92 Å². The molecule has 0 amide bonds. The number of fused-ring (bicyclic) bond motifs is 7. The largest absolute Gasteiger partial charge is 0.388 e. The maximum atomic E-state index is 9.86. The first-order valence-corrected chi connectivity index (χ1v) is 19.0. The van der Waals surface area contributed by atoms with E-state index >= 15 is 0 Å². The minimum Gasteiger partial charge on any atom is -0.388 e. The second-order valence-electron chi connectivity index (χ2n) is 14.3. The van der Waals surface area contributed by atoms with Crippen LogP contribution in [0.15, 0.2) is 176 Å². The molecule has 0 bridgehead atoms. The lowest BCUT2D eigenvalue weighted by atomic mass is 10.0. The van der Waals surface area contributed by atoms with Gasteiger partial charge in [-0.25, -0.2) is 0 Å². The van der Waals surface area contributed by atoms with Crippen molar-refractivity contribution in [2.75, 3.05) is 7.05 Å². The Labute approximate surface area is 325 Å². The minimum absolute atomic E-state index is 0.351. The summed E-state index contributed by atoms with van der Waals surface area (Å²) in [4.78, 5) is 0. The lowest BCUT2D eigenvalue weighted by Crippen LogP contribution is -2.15. The Balaban J connectivity index is 1.26. The molecule has 0 saturated carbocycles. The third-order valence-electron chi connectivity index (χ3n) is 11.3. The molecule has 3 aromatic heterocycles. The van der Waals surface area contributed by atoms with Gasteiger partial charge >= 0.3 is 0 Å². The molecule has 56 heavy (non-hydrogen) atoms. The van der Waals surface area contributed by atoms with E-state index in [0.717, 1.165) is 72.4 Å². The van der Waals surface area contributed by atoms with E-state index in [-0.39, 0.29) is 0 Å². The van der Waals surface area contributed by atoms with Gasteiger partial charge in [-0.15, -0.1) is 0 Å². The van der Waals surface area contributed by atoms with Crippen molar-refractivity contribution in [1.29, 1.82) is 5.41 Å². The van der Waals surface area contributed by atoms with Crippen molar-refractivity contribution < 1.29 is 0 Å². The number of aromatic nitrogens is 3. The molecule has 0 atom stereocenters. The van der Waals surface area contributed by atoms with Crippen molar-refractivity contribution in [3.8, 4) is 22.5 Å². The maximum Gasteiger partial charge on any atom is 0.131 e. The van der Waals surface area contributed by atoms with Crippen LogP contribution in [0.25, 0.3) is 88.8 Å². The highest BCUT2D eigenvalue weighted by molar-refractivity contribution is 6.14. The van der Waals surface area contributed by atoms with Gasteiger partial charge in [-0.3, -0.25) is 9.98 Å². The molecule has 268 valence electrons. The van der Waals surface area contributed by atoms with E-state index < -0.39 is 0 Å². The Kier molecular flexibility index (Phi) is 7.82. The molecule has 5 nitrogen and oxygen atoms in total. The number of allylic oxidation sites excluding steroid dienone is 1. The summed E-state index contributed by atoms with van der Waals surface area (Å²) in [7, 11) is 1.92. The highest BCUT2D eigenvalue weighted by Gasteiger charge is 2.24. The molecule has 0 aliphatic carbocycles. The molecule has 7 aromatic carbocycles. The predicted molar refractivity (Wildman–Crippen MR) is 237 cm³/mol. The van der Waals surface area contributed by atoms with Gasteiger partial charge in [0.15, 0.2) is 0 Å². The highest BCUT2D eigenvalue weighted by Crippen LogP contribution is 2.41. The first-order chi connectivity index (χ1) is 27.6. The minimum atomic E-state index is 0.351. The first kappa shape index (κ1) is 33.2. The van der Waals surface area contributed by atoms with Gasteiger partial charge < -0.3 is 14.5 Å². The fourth-order valence-corrected chi connectivity index (χ4v) is 8.74. The topological polar surface area (TPSA) is 50.7 Å². The second kappa shape index (κ2) is 13.2. The van der Waals surface area contributed by atoms with Crippen LogP contribution in [0, 0.1) is 12.3 Å². The molecule has 10 aromatic rings. The number of para-hydroxylation sites is 4. The van der Waals surface area contributed by atoms with E-state index in [0.29, 0.717) is 5.84 Å².